The van der Waals surface area contributed by atoms with E-state index < -0.39 is 5.82 Å². The molecule has 1 N–H and O–H groups in total. The number of benzene rings is 1. The molecule has 1 aliphatic rings. The molecular formula is C18H19Cl2FN2O2. The SMILES string of the molecule is Cc1ccc(OCC2CCCNC2)c(Oc2c(Cl)cc(F)cc2Cl)n1. The van der Waals surface area contributed by atoms with Crippen molar-refractivity contribution in [2.75, 3.05) is 19.7 Å². The van der Waals surface area contributed by atoms with Gasteiger partial charge in [-0.05, 0) is 50.6 Å². The van der Waals surface area contributed by atoms with E-state index in [4.69, 9.17) is 32.7 Å². The standard InChI is InChI=1S/C18H19Cl2FN2O2/c1-11-4-5-16(24-10-12-3-2-6-22-9-12)18(23-11)25-17-14(19)7-13(21)8-15(17)20/h4-5,7-8,12,22H,2-3,6,9-10H2,1H3. The third-order valence-electron chi connectivity index (χ3n) is 4.00. The van der Waals surface area contributed by atoms with Gasteiger partial charge < -0.3 is 14.8 Å². The molecule has 1 aromatic heterocycles. The number of hydrogen-bond donors (Lipinski definition) is 1. The summed E-state index contributed by atoms with van der Waals surface area (Å²) in [6, 6.07) is 5.94. The van der Waals surface area contributed by atoms with Crippen LogP contribution in [0.15, 0.2) is 24.3 Å². The van der Waals surface area contributed by atoms with E-state index in [9.17, 15) is 4.39 Å². The van der Waals surface area contributed by atoms with Gasteiger partial charge in [0.15, 0.2) is 11.5 Å². The Kier molecular flexibility index (Phi) is 5.99. The summed E-state index contributed by atoms with van der Waals surface area (Å²) in [7, 11) is 0. The Bertz CT molecular complexity index is 729. The lowest BCUT2D eigenvalue weighted by atomic mass is 10.0. The molecule has 2 aromatic rings. The number of rotatable bonds is 5. The van der Waals surface area contributed by atoms with Crippen molar-refractivity contribution < 1.29 is 13.9 Å². The highest BCUT2D eigenvalue weighted by molar-refractivity contribution is 6.37. The van der Waals surface area contributed by atoms with E-state index in [0.717, 1.165) is 43.8 Å². The molecule has 1 aliphatic heterocycles. The van der Waals surface area contributed by atoms with Crippen molar-refractivity contribution in [2.45, 2.75) is 19.8 Å². The second-order valence-corrected chi connectivity index (χ2v) is 6.89. The van der Waals surface area contributed by atoms with Crippen LogP contribution in [0.25, 0.3) is 0 Å². The van der Waals surface area contributed by atoms with Crippen LogP contribution in [0, 0.1) is 18.7 Å². The summed E-state index contributed by atoms with van der Waals surface area (Å²) >= 11 is 12.1. The van der Waals surface area contributed by atoms with Crippen molar-refractivity contribution >= 4 is 23.2 Å². The Morgan fingerprint density at radius 1 is 1.28 bits per heavy atom. The molecule has 0 bridgehead atoms. The van der Waals surface area contributed by atoms with Gasteiger partial charge in [0.25, 0.3) is 5.88 Å². The number of halogens is 3. The van der Waals surface area contributed by atoms with E-state index in [1.807, 2.05) is 13.0 Å². The van der Waals surface area contributed by atoms with Gasteiger partial charge in [-0.2, -0.15) is 0 Å². The Morgan fingerprint density at radius 3 is 2.72 bits per heavy atom. The van der Waals surface area contributed by atoms with Gasteiger partial charge in [0, 0.05) is 18.2 Å². The number of aromatic nitrogens is 1. The monoisotopic (exact) mass is 384 g/mol. The lowest BCUT2D eigenvalue weighted by molar-refractivity contribution is 0.211. The van der Waals surface area contributed by atoms with Gasteiger partial charge in [0.1, 0.15) is 5.82 Å². The molecule has 4 nitrogen and oxygen atoms in total. The fraction of sp³-hybridized carbons (Fsp3) is 0.389. The summed E-state index contributed by atoms with van der Waals surface area (Å²) in [6.07, 6.45) is 2.27. The molecule has 25 heavy (non-hydrogen) atoms. The van der Waals surface area contributed by atoms with Gasteiger partial charge in [0.05, 0.1) is 16.7 Å². The van der Waals surface area contributed by atoms with Crippen molar-refractivity contribution in [3.8, 4) is 17.4 Å². The molecule has 1 fully saturated rings. The predicted molar refractivity (Wildman–Crippen MR) is 96.6 cm³/mol. The van der Waals surface area contributed by atoms with E-state index in [-0.39, 0.29) is 21.7 Å². The van der Waals surface area contributed by atoms with E-state index in [2.05, 4.69) is 10.3 Å². The third-order valence-corrected chi connectivity index (χ3v) is 4.56. The molecule has 2 heterocycles. The fourth-order valence-electron chi connectivity index (χ4n) is 2.70. The van der Waals surface area contributed by atoms with Crippen molar-refractivity contribution in [1.82, 2.24) is 10.3 Å². The van der Waals surface area contributed by atoms with Gasteiger partial charge in [-0.15, -0.1) is 0 Å². The van der Waals surface area contributed by atoms with E-state index in [0.29, 0.717) is 18.3 Å². The summed E-state index contributed by atoms with van der Waals surface area (Å²) in [5.41, 5.74) is 0.760. The first kappa shape index (κ1) is 18.2. The topological polar surface area (TPSA) is 43.4 Å². The largest absolute Gasteiger partial charge is 0.488 e. The minimum absolute atomic E-state index is 0.0794. The zero-order valence-electron chi connectivity index (χ0n) is 13.8. The minimum atomic E-state index is -0.527. The fourth-order valence-corrected chi connectivity index (χ4v) is 3.24. The van der Waals surface area contributed by atoms with Crippen LogP contribution in [-0.2, 0) is 0 Å². The molecule has 0 saturated carbocycles. The Labute approximate surface area is 156 Å². The zero-order chi connectivity index (χ0) is 17.8. The van der Waals surface area contributed by atoms with Crippen molar-refractivity contribution in [3.63, 3.8) is 0 Å². The second-order valence-electron chi connectivity index (χ2n) is 6.08. The maximum absolute atomic E-state index is 13.3. The van der Waals surface area contributed by atoms with Gasteiger partial charge in [-0.3, -0.25) is 0 Å². The number of hydrogen-bond acceptors (Lipinski definition) is 4. The smallest absolute Gasteiger partial charge is 0.262 e. The number of nitrogens with zero attached hydrogens (tertiary/aromatic N) is 1. The maximum Gasteiger partial charge on any atom is 0.262 e. The van der Waals surface area contributed by atoms with Crippen LogP contribution in [-0.4, -0.2) is 24.7 Å². The molecule has 1 saturated heterocycles. The molecule has 1 aromatic carbocycles. The molecule has 0 radical (unpaired) electrons. The highest BCUT2D eigenvalue weighted by Crippen LogP contribution is 2.39. The first-order chi connectivity index (χ1) is 12.0. The van der Waals surface area contributed by atoms with E-state index in [1.54, 1.807) is 6.07 Å². The summed E-state index contributed by atoms with van der Waals surface area (Å²) in [5.74, 6) is 0.848. The van der Waals surface area contributed by atoms with Crippen LogP contribution in [0.1, 0.15) is 18.5 Å². The number of pyridine rings is 1. The second kappa shape index (κ2) is 8.21. The summed E-state index contributed by atoms with van der Waals surface area (Å²) < 4.78 is 25.0. The van der Waals surface area contributed by atoms with Crippen LogP contribution in [0.3, 0.4) is 0 Å². The molecule has 0 spiro atoms. The first-order valence-electron chi connectivity index (χ1n) is 8.16. The van der Waals surface area contributed by atoms with Gasteiger partial charge >= 0.3 is 0 Å². The van der Waals surface area contributed by atoms with Crippen molar-refractivity contribution in [3.05, 3.63) is 45.8 Å². The van der Waals surface area contributed by atoms with E-state index >= 15 is 0 Å². The maximum atomic E-state index is 13.3. The number of ether oxygens (including phenoxy) is 2. The molecular weight excluding hydrogens is 366 g/mol. The predicted octanol–water partition coefficient (Wildman–Crippen LogP) is 5.01. The van der Waals surface area contributed by atoms with Crippen LogP contribution < -0.4 is 14.8 Å². The number of aryl methyl sites for hydroxylation is 1. The van der Waals surface area contributed by atoms with Crippen LogP contribution in [0.4, 0.5) is 4.39 Å². The average molecular weight is 385 g/mol. The van der Waals surface area contributed by atoms with Crippen LogP contribution in [0.2, 0.25) is 10.0 Å². The minimum Gasteiger partial charge on any atom is -0.488 e. The Morgan fingerprint density at radius 2 is 2.04 bits per heavy atom. The summed E-state index contributed by atoms with van der Waals surface area (Å²) in [4.78, 5) is 4.36. The van der Waals surface area contributed by atoms with Gasteiger partial charge in [-0.1, -0.05) is 23.2 Å². The quantitative estimate of drug-likeness (QED) is 0.786. The molecule has 7 heteroatoms. The molecule has 0 aliphatic carbocycles. The summed E-state index contributed by atoms with van der Waals surface area (Å²) in [5, 5.41) is 3.52. The number of nitrogens with one attached hydrogen (secondary N) is 1. The first-order valence-corrected chi connectivity index (χ1v) is 8.92. The average Bonchev–Trinajstić information content (AvgIpc) is 2.58. The molecule has 0 amide bonds. The van der Waals surface area contributed by atoms with Gasteiger partial charge in [-0.25, -0.2) is 9.37 Å². The lowest BCUT2D eigenvalue weighted by Crippen LogP contribution is -2.33. The molecule has 3 rings (SSSR count). The van der Waals surface area contributed by atoms with Crippen LogP contribution >= 0.6 is 23.2 Å². The molecule has 1 unspecified atom stereocenters. The highest BCUT2D eigenvalue weighted by atomic mass is 35.5. The normalized spacial score (nSPS) is 17.4. The highest BCUT2D eigenvalue weighted by Gasteiger charge is 2.18. The van der Waals surface area contributed by atoms with Gasteiger partial charge in [0.2, 0.25) is 0 Å². The Hall–Kier alpha value is -1.56. The van der Waals surface area contributed by atoms with Crippen molar-refractivity contribution in [1.29, 1.82) is 0 Å². The lowest BCUT2D eigenvalue weighted by Gasteiger charge is -2.23. The van der Waals surface area contributed by atoms with E-state index in [1.165, 1.54) is 0 Å². The summed E-state index contributed by atoms with van der Waals surface area (Å²) in [6.45, 7) is 4.40. The third kappa shape index (κ3) is 4.75. The molecule has 134 valence electrons. The molecule has 1 atom stereocenters. The zero-order valence-corrected chi connectivity index (χ0v) is 15.3. The van der Waals surface area contributed by atoms with Crippen LogP contribution in [0.5, 0.6) is 17.4 Å². The Balaban J connectivity index is 1.79. The van der Waals surface area contributed by atoms with Crippen molar-refractivity contribution in [2.24, 2.45) is 5.92 Å². The number of piperidine rings is 1.